The number of nitrogens with zero attached hydrogens (tertiary/aromatic N) is 1. The highest BCUT2D eigenvalue weighted by molar-refractivity contribution is 5.91. The van der Waals surface area contributed by atoms with Gasteiger partial charge in [0.25, 0.3) is 0 Å². The molecule has 0 spiro atoms. The first-order valence-corrected chi connectivity index (χ1v) is 5.07. The second-order valence-corrected chi connectivity index (χ2v) is 3.50. The topological polar surface area (TPSA) is 54.0 Å². The second kappa shape index (κ2) is 5.46. The largest absolute Gasteiger partial charge is 0.310 e. The van der Waals surface area contributed by atoms with E-state index in [0.29, 0.717) is 12.4 Å². The molecule has 0 unspecified atom stereocenters. The third-order valence-corrected chi connectivity index (χ3v) is 1.90. The van der Waals surface area contributed by atoms with Crippen molar-refractivity contribution < 1.29 is 4.79 Å². The van der Waals surface area contributed by atoms with Crippen molar-refractivity contribution in [3.8, 4) is 0 Å². The molecular weight excluding hydrogens is 190 g/mol. The van der Waals surface area contributed by atoms with Crippen LogP contribution >= 0.6 is 0 Å². The van der Waals surface area contributed by atoms with Gasteiger partial charge in [-0.1, -0.05) is 6.92 Å². The van der Waals surface area contributed by atoms with E-state index in [0.717, 1.165) is 17.8 Å². The van der Waals surface area contributed by atoms with Crippen LogP contribution in [0.5, 0.6) is 0 Å². The zero-order valence-corrected chi connectivity index (χ0v) is 9.42. The molecule has 0 atom stereocenters. The average Bonchev–Trinajstić information content (AvgIpc) is 2.13. The molecule has 0 aliphatic heterocycles. The molecule has 0 aliphatic rings. The molecule has 4 nitrogen and oxygen atoms in total. The summed E-state index contributed by atoms with van der Waals surface area (Å²) < 4.78 is 0. The Hall–Kier alpha value is -1.42. The van der Waals surface area contributed by atoms with Gasteiger partial charge in [-0.3, -0.25) is 4.79 Å². The Morgan fingerprint density at radius 1 is 1.40 bits per heavy atom. The van der Waals surface area contributed by atoms with Gasteiger partial charge in [0.1, 0.15) is 5.82 Å². The molecule has 0 radical (unpaired) electrons. The lowest BCUT2D eigenvalue weighted by molar-refractivity contribution is -0.115. The van der Waals surface area contributed by atoms with E-state index in [9.17, 15) is 4.79 Å². The summed E-state index contributed by atoms with van der Waals surface area (Å²) in [7, 11) is 0. The van der Waals surface area contributed by atoms with Crippen molar-refractivity contribution in [1.29, 1.82) is 0 Å². The van der Waals surface area contributed by atoms with Crippen molar-refractivity contribution in [2.24, 2.45) is 0 Å². The molecule has 82 valence electrons. The Balaban J connectivity index is 2.60. The fourth-order valence-corrected chi connectivity index (χ4v) is 1.33. The van der Waals surface area contributed by atoms with Gasteiger partial charge >= 0.3 is 0 Å². The third-order valence-electron chi connectivity index (χ3n) is 1.90. The van der Waals surface area contributed by atoms with Crippen molar-refractivity contribution in [1.82, 2.24) is 10.3 Å². The summed E-state index contributed by atoms with van der Waals surface area (Å²) in [4.78, 5) is 15.6. The highest BCUT2D eigenvalue weighted by Gasteiger charge is 2.02. The van der Waals surface area contributed by atoms with Crippen molar-refractivity contribution in [3.63, 3.8) is 0 Å². The van der Waals surface area contributed by atoms with Crippen molar-refractivity contribution in [3.05, 3.63) is 23.4 Å². The third kappa shape index (κ3) is 4.08. The number of rotatable bonds is 4. The van der Waals surface area contributed by atoms with Gasteiger partial charge in [-0.15, -0.1) is 0 Å². The van der Waals surface area contributed by atoms with Gasteiger partial charge < -0.3 is 10.6 Å². The predicted octanol–water partition coefficient (Wildman–Crippen LogP) is 1.25. The molecule has 1 aromatic rings. The van der Waals surface area contributed by atoms with Crippen LogP contribution in [0.3, 0.4) is 0 Å². The molecule has 0 aliphatic carbocycles. The zero-order chi connectivity index (χ0) is 11.3. The molecule has 1 rings (SSSR count). The van der Waals surface area contributed by atoms with Crippen LogP contribution in [0.25, 0.3) is 0 Å². The first kappa shape index (κ1) is 11.7. The number of carbonyl (C=O) groups is 1. The molecule has 15 heavy (non-hydrogen) atoms. The fraction of sp³-hybridized carbons (Fsp3) is 0.455. The SMILES string of the molecule is CCNCC(=O)Nc1cc(C)cc(C)n1. The molecule has 0 saturated heterocycles. The number of nitrogens with one attached hydrogen (secondary N) is 2. The van der Waals surface area contributed by atoms with Gasteiger partial charge in [0.05, 0.1) is 6.54 Å². The van der Waals surface area contributed by atoms with Crippen LogP contribution in [0.15, 0.2) is 12.1 Å². The number of pyridine rings is 1. The fourth-order valence-electron chi connectivity index (χ4n) is 1.33. The van der Waals surface area contributed by atoms with Gasteiger partial charge in [-0.25, -0.2) is 4.98 Å². The number of aryl methyl sites for hydroxylation is 2. The normalized spacial score (nSPS) is 10.1. The lowest BCUT2D eigenvalue weighted by atomic mass is 10.2. The van der Waals surface area contributed by atoms with Gasteiger partial charge in [0.15, 0.2) is 0 Å². The quantitative estimate of drug-likeness (QED) is 0.781. The van der Waals surface area contributed by atoms with Crippen LogP contribution in [-0.4, -0.2) is 24.0 Å². The summed E-state index contributed by atoms with van der Waals surface area (Å²) in [6, 6.07) is 3.83. The molecule has 0 aromatic carbocycles. The minimum Gasteiger partial charge on any atom is -0.310 e. The van der Waals surface area contributed by atoms with E-state index >= 15 is 0 Å². The van der Waals surface area contributed by atoms with Crippen LogP contribution in [0.1, 0.15) is 18.2 Å². The molecule has 0 bridgehead atoms. The van der Waals surface area contributed by atoms with E-state index in [1.54, 1.807) is 0 Å². The van der Waals surface area contributed by atoms with Gasteiger partial charge in [-0.05, 0) is 38.1 Å². The average molecular weight is 207 g/mol. The Labute approximate surface area is 90.1 Å². The highest BCUT2D eigenvalue weighted by atomic mass is 16.1. The molecule has 0 fully saturated rings. The monoisotopic (exact) mass is 207 g/mol. The Kier molecular flexibility index (Phi) is 4.24. The zero-order valence-electron chi connectivity index (χ0n) is 9.42. The lowest BCUT2D eigenvalue weighted by Crippen LogP contribution is -2.28. The van der Waals surface area contributed by atoms with E-state index in [1.807, 2.05) is 32.9 Å². The summed E-state index contributed by atoms with van der Waals surface area (Å²) in [5.41, 5.74) is 2.01. The van der Waals surface area contributed by atoms with E-state index in [1.165, 1.54) is 0 Å². The van der Waals surface area contributed by atoms with Crippen LogP contribution in [0.2, 0.25) is 0 Å². The molecule has 1 amide bonds. The summed E-state index contributed by atoms with van der Waals surface area (Å²) in [5, 5.41) is 5.70. The van der Waals surface area contributed by atoms with Gasteiger partial charge in [0.2, 0.25) is 5.91 Å². The first-order valence-electron chi connectivity index (χ1n) is 5.07. The number of hydrogen-bond donors (Lipinski definition) is 2. The number of anilines is 1. The first-order chi connectivity index (χ1) is 7.11. The number of likely N-dealkylation sites (N-methyl/N-ethyl adjacent to an activating group) is 1. The smallest absolute Gasteiger partial charge is 0.239 e. The molecule has 0 saturated carbocycles. The number of carbonyl (C=O) groups excluding carboxylic acids is 1. The standard InChI is InChI=1S/C11H17N3O/c1-4-12-7-11(15)14-10-6-8(2)5-9(3)13-10/h5-6,12H,4,7H2,1-3H3,(H,13,14,15). The Morgan fingerprint density at radius 2 is 2.13 bits per heavy atom. The van der Waals surface area contributed by atoms with E-state index < -0.39 is 0 Å². The maximum atomic E-state index is 11.4. The highest BCUT2D eigenvalue weighted by Crippen LogP contribution is 2.08. The molecule has 2 N–H and O–H groups in total. The number of aromatic nitrogens is 1. The van der Waals surface area contributed by atoms with E-state index in [2.05, 4.69) is 15.6 Å². The van der Waals surface area contributed by atoms with Gasteiger partial charge in [0, 0.05) is 5.69 Å². The molecule has 1 aromatic heterocycles. The van der Waals surface area contributed by atoms with Crippen LogP contribution in [0, 0.1) is 13.8 Å². The van der Waals surface area contributed by atoms with Crippen molar-refractivity contribution in [2.75, 3.05) is 18.4 Å². The Morgan fingerprint density at radius 3 is 2.73 bits per heavy atom. The Bertz CT molecular complexity index is 329. The van der Waals surface area contributed by atoms with Crippen LogP contribution in [-0.2, 0) is 4.79 Å². The van der Waals surface area contributed by atoms with E-state index in [4.69, 9.17) is 0 Å². The van der Waals surface area contributed by atoms with E-state index in [-0.39, 0.29) is 5.91 Å². The lowest BCUT2D eigenvalue weighted by Gasteiger charge is -2.06. The second-order valence-electron chi connectivity index (χ2n) is 3.50. The van der Waals surface area contributed by atoms with Crippen LogP contribution in [0.4, 0.5) is 5.82 Å². The summed E-state index contributed by atoms with van der Waals surface area (Å²) in [6.07, 6.45) is 0. The van der Waals surface area contributed by atoms with Crippen molar-refractivity contribution >= 4 is 11.7 Å². The van der Waals surface area contributed by atoms with Gasteiger partial charge in [-0.2, -0.15) is 0 Å². The summed E-state index contributed by atoms with van der Waals surface area (Å²) >= 11 is 0. The molecule has 4 heteroatoms. The maximum absolute atomic E-state index is 11.4. The minimum atomic E-state index is -0.0608. The van der Waals surface area contributed by atoms with Crippen LogP contribution < -0.4 is 10.6 Å². The molecule has 1 heterocycles. The summed E-state index contributed by atoms with van der Waals surface area (Å²) in [6.45, 7) is 6.96. The predicted molar refractivity (Wildman–Crippen MR) is 60.9 cm³/mol. The maximum Gasteiger partial charge on any atom is 0.239 e. The minimum absolute atomic E-state index is 0.0608. The van der Waals surface area contributed by atoms with Crippen molar-refractivity contribution in [2.45, 2.75) is 20.8 Å². The number of amides is 1. The molecular formula is C11H17N3O. The number of hydrogen-bond acceptors (Lipinski definition) is 3. The summed E-state index contributed by atoms with van der Waals surface area (Å²) in [5.74, 6) is 0.560.